The summed E-state index contributed by atoms with van der Waals surface area (Å²) in [7, 11) is 0. The van der Waals surface area contributed by atoms with Crippen molar-refractivity contribution in [3.8, 4) is 22.8 Å². The second-order valence-corrected chi connectivity index (χ2v) is 7.89. The number of benzene rings is 1. The summed E-state index contributed by atoms with van der Waals surface area (Å²) in [5, 5.41) is 4.63. The maximum Gasteiger partial charge on any atom is 0.153 e. The van der Waals surface area contributed by atoms with Gasteiger partial charge in [0.2, 0.25) is 0 Å². The number of rotatable bonds is 14. The second-order valence-electron chi connectivity index (χ2n) is 7.89. The molecule has 2 heterocycles. The predicted octanol–water partition coefficient (Wildman–Crippen LogP) is 7.23. The third kappa shape index (κ3) is 7.33. The van der Waals surface area contributed by atoms with E-state index in [0.29, 0.717) is 0 Å². The van der Waals surface area contributed by atoms with Gasteiger partial charge < -0.3 is 4.74 Å². The molecule has 160 valence electrons. The summed E-state index contributed by atoms with van der Waals surface area (Å²) in [5.74, 6) is 1.75. The van der Waals surface area contributed by atoms with E-state index in [0.717, 1.165) is 35.9 Å². The highest BCUT2D eigenvalue weighted by Crippen LogP contribution is 2.22. The lowest BCUT2D eigenvalue weighted by Crippen LogP contribution is -1.98. The monoisotopic (exact) mass is 405 g/mol. The molecule has 0 saturated heterocycles. The molecule has 3 rings (SSSR count). The largest absolute Gasteiger partial charge is 0.494 e. The predicted molar refractivity (Wildman–Crippen MR) is 124 cm³/mol. The fraction of sp³-hybridized carbons (Fsp3) is 0.462. The van der Waals surface area contributed by atoms with Gasteiger partial charge >= 0.3 is 0 Å². The first kappa shape index (κ1) is 22.1. The van der Waals surface area contributed by atoms with E-state index in [1.165, 1.54) is 57.8 Å². The molecule has 1 aromatic carbocycles. The normalized spacial score (nSPS) is 11.0. The van der Waals surface area contributed by atoms with Crippen molar-refractivity contribution in [2.24, 2.45) is 0 Å². The molecule has 0 unspecified atom stereocenters. The van der Waals surface area contributed by atoms with Crippen molar-refractivity contribution in [2.45, 2.75) is 71.1 Å². The molecule has 0 aliphatic rings. The van der Waals surface area contributed by atoms with Crippen molar-refractivity contribution in [1.29, 1.82) is 0 Å². The van der Waals surface area contributed by atoms with Crippen LogP contribution in [0.2, 0.25) is 0 Å². The van der Waals surface area contributed by atoms with Gasteiger partial charge in [0, 0.05) is 18.0 Å². The highest BCUT2D eigenvalue weighted by molar-refractivity contribution is 5.59. The molecular weight excluding hydrogens is 370 g/mol. The molecule has 4 nitrogen and oxygen atoms in total. The molecule has 0 spiro atoms. The van der Waals surface area contributed by atoms with Crippen LogP contribution in [0.1, 0.15) is 71.1 Å². The van der Waals surface area contributed by atoms with Crippen LogP contribution in [0, 0.1) is 0 Å². The molecule has 0 amide bonds. The Morgan fingerprint density at radius 2 is 1.47 bits per heavy atom. The van der Waals surface area contributed by atoms with Crippen LogP contribution in [0.5, 0.6) is 5.75 Å². The molecule has 0 aliphatic heterocycles. The first-order valence-corrected chi connectivity index (χ1v) is 11.6. The van der Waals surface area contributed by atoms with Crippen LogP contribution >= 0.6 is 0 Å². The van der Waals surface area contributed by atoms with Gasteiger partial charge in [-0.2, -0.15) is 5.10 Å². The lowest BCUT2D eigenvalue weighted by molar-refractivity contribution is 0.304. The fourth-order valence-electron chi connectivity index (χ4n) is 3.60. The third-order valence-electron chi connectivity index (χ3n) is 5.39. The van der Waals surface area contributed by atoms with E-state index in [1.54, 1.807) is 10.9 Å². The third-order valence-corrected chi connectivity index (χ3v) is 5.39. The minimum Gasteiger partial charge on any atom is -0.494 e. The van der Waals surface area contributed by atoms with Crippen LogP contribution in [0.25, 0.3) is 17.1 Å². The summed E-state index contributed by atoms with van der Waals surface area (Å²) in [6.45, 7) is 3.07. The Bertz CT molecular complexity index is 827. The molecule has 30 heavy (non-hydrogen) atoms. The van der Waals surface area contributed by atoms with Gasteiger partial charge in [0.25, 0.3) is 0 Å². The molecule has 0 N–H and O–H groups in total. The van der Waals surface area contributed by atoms with E-state index in [2.05, 4.69) is 29.1 Å². The van der Waals surface area contributed by atoms with Gasteiger partial charge in [-0.15, -0.1) is 0 Å². The average Bonchev–Trinajstić information content (AvgIpc) is 3.29. The summed E-state index contributed by atoms with van der Waals surface area (Å²) >= 11 is 0. The molecule has 0 saturated carbocycles. The number of ether oxygens (including phenoxy) is 1. The maximum absolute atomic E-state index is 5.91. The topological polar surface area (TPSA) is 39.9 Å². The van der Waals surface area contributed by atoms with E-state index in [4.69, 9.17) is 4.74 Å². The molecule has 0 aliphatic carbocycles. The lowest BCUT2D eigenvalue weighted by atomic mass is 10.1. The number of unbranched alkanes of at least 4 members (excludes halogenated alkanes) is 9. The Labute approximate surface area is 181 Å². The highest BCUT2D eigenvalue weighted by atomic mass is 16.5. The molecule has 0 radical (unpaired) electrons. The maximum atomic E-state index is 5.91. The molecule has 2 aromatic heterocycles. The van der Waals surface area contributed by atoms with Crippen LogP contribution in [0.15, 0.2) is 60.9 Å². The van der Waals surface area contributed by atoms with Crippen molar-refractivity contribution >= 4 is 0 Å². The molecule has 3 aromatic rings. The standard InChI is InChI=1S/C26H35N3O/c1-2-3-4-5-6-7-8-9-10-13-22-30-24-17-15-23(16-18-24)25-19-21-29(28-25)26-14-11-12-20-27-26/h11-12,14-21H,2-10,13,22H2,1H3. The summed E-state index contributed by atoms with van der Waals surface area (Å²) in [6, 6.07) is 16.0. The molecule has 0 fully saturated rings. The average molecular weight is 406 g/mol. The van der Waals surface area contributed by atoms with Crippen molar-refractivity contribution in [3.63, 3.8) is 0 Å². The highest BCUT2D eigenvalue weighted by Gasteiger charge is 2.05. The van der Waals surface area contributed by atoms with Gasteiger partial charge in [0.15, 0.2) is 5.82 Å². The van der Waals surface area contributed by atoms with E-state index >= 15 is 0 Å². The molecule has 4 heteroatoms. The summed E-state index contributed by atoms with van der Waals surface area (Å²) in [5.41, 5.74) is 2.01. The lowest BCUT2D eigenvalue weighted by Gasteiger charge is -2.07. The Morgan fingerprint density at radius 3 is 2.13 bits per heavy atom. The van der Waals surface area contributed by atoms with E-state index in [1.807, 2.05) is 42.6 Å². The Balaban J connectivity index is 1.32. The van der Waals surface area contributed by atoms with Gasteiger partial charge in [0.1, 0.15) is 5.75 Å². The minimum atomic E-state index is 0.796. The van der Waals surface area contributed by atoms with Gasteiger partial charge in [-0.05, 0) is 48.9 Å². The number of pyridine rings is 1. The Kier molecular flexibility index (Phi) is 9.45. The van der Waals surface area contributed by atoms with Crippen molar-refractivity contribution in [1.82, 2.24) is 14.8 Å². The fourth-order valence-corrected chi connectivity index (χ4v) is 3.60. The molecule has 0 atom stereocenters. The summed E-state index contributed by atoms with van der Waals surface area (Å²) in [4.78, 5) is 4.33. The molecule has 0 bridgehead atoms. The van der Waals surface area contributed by atoms with Gasteiger partial charge in [-0.1, -0.05) is 70.8 Å². The van der Waals surface area contributed by atoms with Crippen molar-refractivity contribution in [2.75, 3.05) is 6.61 Å². The van der Waals surface area contributed by atoms with Gasteiger partial charge in [-0.25, -0.2) is 9.67 Å². The Morgan fingerprint density at radius 1 is 0.767 bits per heavy atom. The SMILES string of the molecule is CCCCCCCCCCCCOc1ccc(-c2ccn(-c3ccccn3)n2)cc1. The first-order valence-electron chi connectivity index (χ1n) is 11.6. The number of hydrogen-bond acceptors (Lipinski definition) is 3. The second kappa shape index (κ2) is 12.8. The smallest absolute Gasteiger partial charge is 0.153 e. The summed E-state index contributed by atoms with van der Waals surface area (Å²) < 4.78 is 7.70. The van der Waals surface area contributed by atoms with Gasteiger partial charge in [0.05, 0.1) is 12.3 Å². The van der Waals surface area contributed by atoms with Crippen molar-refractivity contribution in [3.05, 3.63) is 60.9 Å². The van der Waals surface area contributed by atoms with Gasteiger partial charge in [-0.3, -0.25) is 0 Å². The number of hydrogen-bond donors (Lipinski definition) is 0. The number of aromatic nitrogens is 3. The minimum absolute atomic E-state index is 0.796. The van der Waals surface area contributed by atoms with Crippen LogP contribution in [0.3, 0.4) is 0 Å². The number of nitrogens with zero attached hydrogens (tertiary/aromatic N) is 3. The van der Waals surface area contributed by atoms with Crippen LogP contribution in [-0.4, -0.2) is 21.4 Å². The zero-order valence-electron chi connectivity index (χ0n) is 18.3. The summed E-state index contributed by atoms with van der Waals surface area (Å²) in [6.07, 6.45) is 17.2. The first-order chi connectivity index (χ1) is 14.9. The Hall–Kier alpha value is -2.62. The van der Waals surface area contributed by atoms with Crippen LogP contribution in [-0.2, 0) is 0 Å². The zero-order valence-corrected chi connectivity index (χ0v) is 18.3. The molecular formula is C26H35N3O. The van der Waals surface area contributed by atoms with E-state index < -0.39 is 0 Å². The zero-order chi connectivity index (χ0) is 20.9. The van der Waals surface area contributed by atoms with Crippen LogP contribution in [0.4, 0.5) is 0 Å². The van der Waals surface area contributed by atoms with E-state index in [9.17, 15) is 0 Å². The van der Waals surface area contributed by atoms with E-state index in [-0.39, 0.29) is 0 Å². The van der Waals surface area contributed by atoms with Crippen LogP contribution < -0.4 is 4.74 Å². The quantitative estimate of drug-likeness (QED) is 0.265. The van der Waals surface area contributed by atoms with Crippen molar-refractivity contribution < 1.29 is 4.74 Å².